The minimum atomic E-state index is -4.42. The van der Waals surface area contributed by atoms with Gasteiger partial charge in [0.1, 0.15) is 5.82 Å². The van der Waals surface area contributed by atoms with Gasteiger partial charge in [0.2, 0.25) is 0 Å². The van der Waals surface area contributed by atoms with E-state index >= 15 is 0 Å². The van der Waals surface area contributed by atoms with E-state index in [1.54, 1.807) is 11.0 Å². The van der Waals surface area contributed by atoms with E-state index in [4.69, 9.17) is 0 Å². The van der Waals surface area contributed by atoms with E-state index in [-0.39, 0.29) is 23.7 Å². The molecule has 1 N–H and O–H groups in total. The molecule has 0 unspecified atom stereocenters. The monoisotopic (exact) mass is 501 g/mol. The molecule has 0 radical (unpaired) electrons. The highest BCUT2D eigenvalue weighted by molar-refractivity contribution is 5.94. The second-order valence-electron chi connectivity index (χ2n) is 9.99. The van der Waals surface area contributed by atoms with Gasteiger partial charge in [-0.3, -0.25) is 9.69 Å². The van der Waals surface area contributed by atoms with E-state index in [0.717, 1.165) is 11.8 Å². The lowest BCUT2D eigenvalue weighted by atomic mass is 9.87. The first-order valence-electron chi connectivity index (χ1n) is 12.2. The van der Waals surface area contributed by atoms with Crippen LogP contribution in [0, 0.1) is 17.7 Å². The van der Waals surface area contributed by atoms with Gasteiger partial charge in [-0.25, -0.2) is 4.39 Å². The van der Waals surface area contributed by atoms with Crippen LogP contribution in [0.25, 0.3) is 0 Å². The number of likely N-dealkylation sites (tertiary alicyclic amines) is 1. The molecule has 36 heavy (non-hydrogen) atoms. The zero-order valence-electron chi connectivity index (χ0n) is 20.4. The smallest absolute Gasteiger partial charge is 0.364 e. The highest BCUT2D eigenvalue weighted by Gasteiger charge is 2.38. The number of amides is 1. The van der Waals surface area contributed by atoms with E-state index < -0.39 is 17.6 Å². The summed E-state index contributed by atoms with van der Waals surface area (Å²) in [7, 11) is 0. The van der Waals surface area contributed by atoms with Crippen molar-refractivity contribution in [2.75, 3.05) is 26.2 Å². The minimum Gasteiger partial charge on any atom is -0.364 e. The number of carbonyl (C=O) groups is 1. The Hall–Kier alpha value is -3.13. The van der Waals surface area contributed by atoms with Crippen molar-refractivity contribution < 1.29 is 22.4 Å². The van der Waals surface area contributed by atoms with Crippen LogP contribution in [0.5, 0.6) is 0 Å². The highest BCUT2D eigenvalue weighted by Crippen LogP contribution is 2.37. The summed E-state index contributed by atoms with van der Waals surface area (Å²) in [5, 5.41) is 0. The van der Waals surface area contributed by atoms with Crippen LogP contribution in [0.2, 0.25) is 0 Å². The number of nitrogens with zero attached hydrogens (tertiary/aromatic N) is 2. The summed E-state index contributed by atoms with van der Waals surface area (Å²) < 4.78 is 53.8. The van der Waals surface area contributed by atoms with Gasteiger partial charge in [0.05, 0.1) is 5.56 Å². The normalized spacial score (nSPS) is 18.6. The van der Waals surface area contributed by atoms with Crippen molar-refractivity contribution in [1.82, 2.24) is 14.8 Å². The maximum atomic E-state index is 13.5. The largest absolute Gasteiger partial charge is 0.416 e. The molecule has 192 valence electrons. The molecule has 0 spiro atoms. The van der Waals surface area contributed by atoms with Crippen molar-refractivity contribution in [2.45, 2.75) is 32.5 Å². The summed E-state index contributed by atoms with van der Waals surface area (Å²) >= 11 is 0. The highest BCUT2D eigenvalue weighted by atomic mass is 19.4. The number of aromatic amines is 1. The molecule has 3 aromatic rings. The fourth-order valence-electron chi connectivity index (χ4n) is 5.04. The predicted molar refractivity (Wildman–Crippen MR) is 131 cm³/mol. The molecule has 1 aliphatic rings. The molecule has 2 atom stereocenters. The molecule has 0 aliphatic carbocycles. The van der Waals surface area contributed by atoms with Gasteiger partial charge in [0, 0.05) is 56.1 Å². The molecule has 4 rings (SSSR count). The van der Waals surface area contributed by atoms with Gasteiger partial charge in [-0.05, 0) is 59.9 Å². The number of benzene rings is 2. The van der Waals surface area contributed by atoms with Crippen LogP contribution in [-0.4, -0.2) is 46.9 Å². The number of H-pyrrole nitrogens is 1. The topological polar surface area (TPSA) is 39.3 Å². The third-order valence-electron chi connectivity index (χ3n) is 6.63. The van der Waals surface area contributed by atoms with Crippen LogP contribution in [0.15, 0.2) is 66.9 Å². The van der Waals surface area contributed by atoms with E-state index in [0.29, 0.717) is 43.9 Å². The van der Waals surface area contributed by atoms with Gasteiger partial charge in [-0.2, -0.15) is 13.2 Å². The summed E-state index contributed by atoms with van der Waals surface area (Å²) in [5.74, 6) is -0.654. The minimum absolute atomic E-state index is 0.0633. The molecule has 1 amide bonds. The summed E-state index contributed by atoms with van der Waals surface area (Å²) in [4.78, 5) is 20.6. The fourth-order valence-corrected chi connectivity index (χ4v) is 5.04. The Morgan fingerprint density at radius 1 is 1.08 bits per heavy atom. The lowest BCUT2D eigenvalue weighted by Crippen LogP contribution is -2.39. The lowest BCUT2D eigenvalue weighted by Gasteiger charge is -2.30. The first-order valence-corrected chi connectivity index (χ1v) is 12.2. The molecule has 2 heterocycles. The molecule has 1 aromatic heterocycles. The van der Waals surface area contributed by atoms with Crippen LogP contribution in [-0.2, 0) is 12.7 Å². The van der Waals surface area contributed by atoms with Crippen molar-refractivity contribution in [1.29, 1.82) is 0 Å². The maximum absolute atomic E-state index is 13.5. The van der Waals surface area contributed by atoms with E-state index in [1.807, 2.05) is 32.2 Å². The van der Waals surface area contributed by atoms with E-state index in [9.17, 15) is 22.4 Å². The number of nitrogens with one attached hydrogen (secondary N) is 1. The van der Waals surface area contributed by atoms with Crippen molar-refractivity contribution in [3.63, 3.8) is 0 Å². The summed E-state index contributed by atoms with van der Waals surface area (Å²) in [6.45, 7) is 6.81. The molecule has 8 heteroatoms. The average molecular weight is 502 g/mol. The number of halogens is 4. The third-order valence-corrected chi connectivity index (χ3v) is 6.63. The Kier molecular flexibility index (Phi) is 7.83. The van der Waals surface area contributed by atoms with E-state index in [2.05, 4.69) is 9.88 Å². The Morgan fingerprint density at radius 2 is 1.83 bits per heavy atom. The Bertz CT molecular complexity index is 1140. The van der Waals surface area contributed by atoms with Gasteiger partial charge in [0.15, 0.2) is 0 Å². The molecule has 4 nitrogen and oxygen atoms in total. The van der Waals surface area contributed by atoms with Gasteiger partial charge in [-0.1, -0.05) is 32.0 Å². The van der Waals surface area contributed by atoms with Gasteiger partial charge < -0.3 is 9.88 Å². The standard InChI is InChI=1S/C28H31F4N3O/c1-19(2)14-35(27(36)20-8-10-24(29)11-9-20)16-22-15-34(17-25-7-4-12-33-25)18-26(22)21-5-3-6-23(13-21)28(30,31)32/h3-13,19,22,26,33H,14-18H2,1-2H3/t22-,26+/m0/s1. The Morgan fingerprint density at radius 3 is 2.47 bits per heavy atom. The maximum Gasteiger partial charge on any atom is 0.416 e. The Balaban J connectivity index is 1.62. The number of aromatic nitrogens is 1. The van der Waals surface area contributed by atoms with Crippen LogP contribution in [0.3, 0.4) is 0 Å². The van der Waals surface area contributed by atoms with Crippen LogP contribution in [0.4, 0.5) is 17.6 Å². The molecule has 0 bridgehead atoms. The van der Waals surface area contributed by atoms with Crippen LogP contribution >= 0.6 is 0 Å². The molecule has 2 aromatic carbocycles. The van der Waals surface area contributed by atoms with Crippen LogP contribution in [0.1, 0.15) is 46.9 Å². The third kappa shape index (κ3) is 6.35. The number of rotatable bonds is 8. The molecule has 0 saturated carbocycles. The Labute approximate surface area is 208 Å². The predicted octanol–water partition coefficient (Wildman–Crippen LogP) is 6.19. The average Bonchev–Trinajstić information content (AvgIpc) is 3.48. The number of hydrogen-bond acceptors (Lipinski definition) is 2. The fraction of sp³-hybridized carbons (Fsp3) is 0.393. The quantitative estimate of drug-likeness (QED) is 0.374. The van der Waals surface area contributed by atoms with Gasteiger partial charge in [0.25, 0.3) is 5.91 Å². The van der Waals surface area contributed by atoms with Gasteiger partial charge >= 0.3 is 6.18 Å². The second kappa shape index (κ2) is 10.9. The first kappa shape index (κ1) is 25.9. The van der Waals surface area contributed by atoms with Crippen molar-refractivity contribution in [3.05, 3.63) is 95.1 Å². The number of carbonyl (C=O) groups excluding carboxylic acids is 1. The molecule has 1 fully saturated rings. The number of hydrogen-bond donors (Lipinski definition) is 1. The van der Waals surface area contributed by atoms with Gasteiger partial charge in [-0.15, -0.1) is 0 Å². The summed E-state index contributed by atoms with van der Waals surface area (Å²) in [5.41, 5.74) is 1.39. The zero-order chi connectivity index (χ0) is 25.9. The van der Waals surface area contributed by atoms with Crippen molar-refractivity contribution >= 4 is 5.91 Å². The lowest BCUT2D eigenvalue weighted by molar-refractivity contribution is -0.137. The van der Waals surface area contributed by atoms with Crippen LogP contribution < -0.4 is 0 Å². The number of alkyl halides is 3. The molecule has 1 saturated heterocycles. The SMILES string of the molecule is CC(C)CN(C[C@@H]1CN(Cc2ccc[nH]2)C[C@@H]1c1cccc(C(F)(F)F)c1)C(=O)c1ccc(F)cc1. The summed E-state index contributed by atoms with van der Waals surface area (Å²) in [6.07, 6.45) is -2.57. The van der Waals surface area contributed by atoms with E-state index in [1.165, 1.54) is 36.4 Å². The zero-order valence-corrected chi connectivity index (χ0v) is 20.4. The molecular formula is C28H31F4N3O. The first-order chi connectivity index (χ1) is 17.1. The second-order valence-corrected chi connectivity index (χ2v) is 9.99. The molecular weight excluding hydrogens is 470 g/mol. The molecule has 1 aliphatic heterocycles. The van der Waals surface area contributed by atoms with Crippen molar-refractivity contribution in [3.8, 4) is 0 Å². The van der Waals surface area contributed by atoms with Crippen molar-refractivity contribution in [2.24, 2.45) is 11.8 Å². The summed E-state index contributed by atoms with van der Waals surface area (Å²) in [6, 6.07) is 14.9.